The lowest BCUT2D eigenvalue weighted by atomic mass is 10.3. The number of fused-ring (bicyclic) bond motifs is 1. The minimum atomic E-state index is -3.75. The molecule has 0 amide bonds. The van der Waals surface area contributed by atoms with Crippen molar-refractivity contribution in [2.24, 2.45) is 5.14 Å². The first-order valence-electron chi connectivity index (χ1n) is 7.64. The maximum atomic E-state index is 11.3. The monoisotopic (exact) mass is 402 g/mol. The van der Waals surface area contributed by atoms with Gasteiger partial charge in [-0.3, -0.25) is 0 Å². The molecule has 4 aromatic rings. The Morgan fingerprint density at radius 3 is 2.63 bits per heavy atom. The summed E-state index contributed by atoms with van der Waals surface area (Å²) in [6, 6.07) is 5.89. The SMILES string of the molecule is Cc1csc2c(-n3nc(Nc4ccc(S(N)(=O)=O)cc4)nc3N)ncnc12. The van der Waals surface area contributed by atoms with Crippen LogP contribution in [0.2, 0.25) is 0 Å². The minimum Gasteiger partial charge on any atom is -0.368 e. The summed E-state index contributed by atoms with van der Waals surface area (Å²) in [4.78, 5) is 12.8. The van der Waals surface area contributed by atoms with Gasteiger partial charge in [0.15, 0.2) is 5.82 Å². The van der Waals surface area contributed by atoms with Gasteiger partial charge in [0, 0.05) is 5.69 Å². The van der Waals surface area contributed by atoms with Crippen LogP contribution < -0.4 is 16.2 Å². The summed E-state index contributed by atoms with van der Waals surface area (Å²) in [5.41, 5.74) is 8.47. The molecule has 0 atom stereocenters. The highest BCUT2D eigenvalue weighted by Gasteiger charge is 2.16. The van der Waals surface area contributed by atoms with Gasteiger partial charge >= 0.3 is 0 Å². The van der Waals surface area contributed by atoms with Crippen LogP contribution in [0.25, 0.3) is 16.0 Å². The van der Waals surface area contributed by atoms with E-state index in [-0.39, 0.29) is 16.8 Å². The Kier molecular flexibility index (Phi) is 4.02. The van der Waals surface area contributed by atoms with Gasteiger partial charge in [0.25, 0.3) is 0 Å². The van der Waals surface area contributed by atoms with Crippen LogP contribution in [0.1, 0.15) is 5.56 Å². The van der Waals surface area contributed by atoms with Crippen LogP contribution in [0.3, 0.4) is 0 Å². The molecule has 0 aliphatic heterocycles. The molecule has 10 nitrogen and oxygen atoms in total. The average molecular weight is 402 g/mol. The van der Waals surface area contributed by atoms with E-state index in [4.69, 9.17) is 10.9 Å². The second-order valence-electron chi connectivity index (χ2n) is 5.69. The molecular formula is C15H14N8O2S2. The van der Waals surface area contributed by atoms with E-state index >= 15 is 0 Å². The molecule has 0 bridgehead atoms. The number of hydrogen-bond acceptors (Lipinski definition) is 9. The number of nitrogens with zero attached hydrogens (tertiary/aromatic N) is 5. The van der Waals surface area contributed by atoms with Crippen molar-refractivity contribution in [1.82, 2.24) is 24.7 Å². The number of nitrogens with one attached hydrogen (secondary N) is 1. The number of nitrogen functional groups attached to an aromatic ring is 1. The van der Waals surface area contributed by atoms with E-state index in [0.29, 0.717) is 11.5 Å². The third-order valence-electron chi connectivity index (χ3n) is 3.78. The Bertz CT molecular complexity index is 1240. The van der Waals surface area contributed by atoms with Crippen LogP contribution in [-0.4, -0.2) is 33.2 Å². The van der Waals surface area contributed by atoms with Crippen molar-refractivity contribution in [2.45, 2.75) is 11.8 Å². The van der Waals surface area contributed by atoms with Crippen molar-refractivity contribution in [3.05, 3.63) is 41.5 Å². The molecule has 12 heteroatoms. The molecule has 0 aliphatic rings. The van der Waals surface area contributed by atoms with Crippen molar-refractivity contribution < 1.29 is 8.42 Å². The van der Waals surface area contributed by atoms with Gasteiger partial charge in [-0.25, -0.2) is 23.5 Å². The van der Waals surface area contributed by atoms with Crippen molar-refractivity contribution in [2.75, 3.05) is 11.1 Å². The molecular weight excluding hydrogens is 388 g/mol. The zero-order chi connectivity index (χ0) is 19.2. The van der Waals surface area contributed by atoms with Crippen LogP contribution in [0, 0.1) is 6.92 Å². The lowest BCUT2D eigenvalue weighted by Crippen LogP contribution is -2.11. The fourth-order valence-corrected chi connectivity index (χ4v) is 3.99. The van der Waals surface area contributed by atoms with E-state index in [2.05, 4.69) is 25.4 Å². The zero-order valence-electron chi connectivity index (χ0n) is 14.0. The molecule has 3 heterocycles. The van der Waals surface area contributed by atoms with Crippen molar-refractivity contribution >= 4 is 49.2 Å². The molecule has 0 saturated heterocycles. The number of sulfonamides is 1. The van der Waals surface area contributed by atoms with E-state index < -0.39 is 10.0 Å². The Hall–Kier alpha value is -3.09. The summed E-state index contributed by atoms with van der Waals surface area (Å²) in [5.74, 6) is 0.946. The maximum absolute atomic E-state index is 11.3. The van der Waals surface area contributed by atoms with E-state index in [0.717, 1.165) is 15.8 Å². The molecule has 0 saturated carbocycles. The van der Waals surface area contributed by atoms with Gasteiger partial charge in [0.05, 0.1) is 15.1 Å². The molecule has 1 aromatic carbocycles. The minimum absolute atomic E-state index is 0.0162. The number of nitrogens with two attached hydrogens (primary N) is 2. The summed E-state index contributed by atoms with van der Waals surface area (Å²) in [6.45, 7) is 1.97. The van der Waals surface area contributed by atoms with E-state index in [1.165, 1.54) is 34.5 Å². The molecule has 0 spiro atoms. The molecule has 3 aromatic heterocycles. The lowest BCUT2D eigenvalue weighted by molar-refractivity contribution is 0.598. The Morgan fingerprint density at radius 2 is 1.93 bits per heavy atom. The number of thiophene rings is 1. The van der Waals surface area contributed by atoms with Crippen molar-refractivity contribution in [3.8, 4) is 5.82 Å². The van der Waals surface area contributed by atoms with E-state index in [1.807, 2.05) is 12.3 Å². The van der Waals surface area contributed by atoms with Crippen molar-refractivity contribution in [3.63, 3.8) is 0 Å². The number of benzene rings is 1. The highest BCUT2D eigenvalue weighted by atomic mass is 32.2. The van der Waals surface area contributed by atoms with Gasteiger partial charge in [-0.2, -0.15) is 9.67 Å². The number of hydrogen-bond donors (Lipinski definition) is 3. The highest BCUT2D eigenvalue weighted by molar-refractivity contribution is 7.89. The number of primary sulfonamides is 1. The first-order chi connectivity index (χ1) is 12.8. The lowest BCUT2D eigenvalue weighted by Gasteiger charge is -2.03. The number of aryl methyl sites for hydroxylation is 1. The largest absolute Gasteiger partial charge is 0.368 e. The van der Waals surface area contributed by atoms with Crippen LogP contribution >= 0.6 is 11.3 Å². The Balaban J connectivity index is 1.67. The Morgan fingerprint density at radius 1 is 1.19 bits per heavy atom. The van der Waals surface area contributed by atoms with Crippen LogP contribution in [0.15, 0.2) is 40.9 Å². The second kappa shape index (κ2) is 6.26. The Labute approximate surface area is 157 Å². The molecule has 0 aliphatic carbocycles. The summed E-state index contributed by atoms with van der Waals surface area (Å²) in [6.07, 6.45) is 1.46. The van der Waals surface area contributed by atoms with E-state index in [9.17, 15) is 8.42 Å². The predicted molar refractivity (Wildman–Crippen MR) is 103 cm³/mol. The second-order valence-corrected chi connectivity index (χ2v) is 8.13. The van der Waals surface area contributed by atoms with Gasteiger partial charge in [-0.1, -0.05) is 0 Å². The number of anilines is 3. The average Bonchev–Trinajstić information content (AvgIpc) is 3.17. The zero-order valence-corrected chi connectivity index (χ0v) is 15.6. The standard InChI is InChI=1S/C15H14N8O2S2/c1-8-6-26-12-11(8)18-7-19-13(12)23-14(16)21-15(22-23)20-9-2-4-10(5-3-9)27(17,24)25/h2-7H,1H3,(H2,17,24,25)(H3,16,20,21,22). The smallest absolute Gasteiger partial charge is 0.248 e. The first-order valence-corrected chi connectivity index (χ1v) is 10.1. The maximum Gasteiger partial charge on any atom is 0.248 e. The molecule has 27 heavy (non-hydrogen) atoms. The summed E-state index contributed by atoms with van der Waals surface area (Å²) < 4.78 is 24.9. The summed E-state index contributed by atoms with van der Waals surface area (Å²) in [5, 5.41) is 14.4. The van der Waals surface area contributed by atoms with Gasteiger partial charge in [0.1, 0.15) is 6.33 Å². The summed E-state index contributed by atoms with van der Waals surface area (Å²) in [7, 11) is -3.75. The van der Waals surface area contributed by atoms with Gasteiger partial charge in [-0.15, -0.1) is 16.4 Å². The summed E-state index contributed by atoms with van der Waals surface area (Å²) >= 11 is 1.50. The molecule has 5 N–H and O–H groups in total. The van der Waals surface area contributed by atoms with Crippen LogP contribution in [0.4, 0.5) is 17.6 Å². The molecule has 138 valence electrons. The molecule has 0 fully saturated rings. The fraction of sp³-hybridized carbons (Fsp3) is 0.0667. The molecule has 4 rings (SSSR count). The van der Waals surface area contributed by atoms with Gasteiger partial charge in [-0.05, 0) is 42.1 Å². The number of rotatable bonds is 4. The predicted octanol–water partition coefficient (Wildman–Crippen LogP) is 1.55. The topological polar surface area (TPSA) is 155 Å². The van der Waals surface area contributed by atoms with Gasteiger partial charge in [0.2, 0.25) is 21.9 Å². The third-order valence-corrected chi connectivity index (χ3v) is 5.80. The van der Waals surface area contributed by atoms with Gasteiger partial charge < -0.3 is 11.1 Å². The van der Waals surface area contributed by atoms with E-state index in [1.54, 1.807) is 12.1 Å². The van der Waals surface area contributed by atoms with Crippen LogP contribution in [-0.2, 0) is 10.0 Å². The molecule has 0 unspecified atom stereocenters. The van der Waals surface area contributed by atoms with Crippen LogP contribution in [0.5, 0.6) is 0 Å². The highest BCUT2D eigenvalue weighted by Crippen LogP contribution is 2.28. The quantitative estimate of drug-likeness (QED) is 0.464. The van der Waals surface area contributed by atoms with Crippen molar-refractivity contribution in [1.29, 1.82) is 0 Å². The first kappa shape index (κ1) is 17.3. The molecule has 0 radical (unpaired) electrons. The fourth-order valence-electron chi connectivity index (χ4n) is 2.50. The normalized spacial score (nSPS) is 11.8. The third kappa shape index (κ3) is 3.20. The number of aromatic nitrogens is 5.